The minimum absolute atomic E-state index is 0.118. The third kappa shape index (κ3) is 3.04. The summed E-state index contributed by atoms with van der Waals surface area (Å²) in [5.74, 6) is 0.396. The van der Waals surface area contributed by atoms with E-state index in [1.165, 1.54) is 0 Å². The number of hydrogen-bond acceptors (Lipinski definition) is 3. The second-order valence-corrected chi connectivity index (χ2v) is 6.09. The summed E-state index contributed by atoms with van der Waals surface area (Å²) in [4.78, 5) is 16.2. The van der Waals surface area contributed by atoms with Gasteiger partial charge in [-0.05, 0) is 53.6 Å². The molecular formula is C14H28N2O2. The molecule has 0 radical (unpaired) electrons. The van der Waals surface area contributed by atoms with Crippen LogP contribution in [-0.4, -0.2) is 60.1 Å². The Balaban J connectivity index is 2.61. The van der Waals surface area contributed by atoms with Crippen molar-refractivity contribution in [3.05, 3.63) is 0 Å². The van der Waals surface area contributed by atoms with Crippen molar-refractivity contribution in [2.24, 2.45) is 5.92 Å². The quantitative estimate of drug-likeness (QED) is 0.825. The summed E-state index contributed by atoms with van der Waals surface area (Å²) in [6.07, 6.45) is 3.57. The van der Waals surface area contributed by atoms with Gasteiger partial charge in [-0.3, -0.25) is 4.79 Å². The lowest BCUT2D eigenvalue weighted by molar-refractivity contribution is -0.138. The van der Waals surface area contributed by atoms with E-state index in [0.29, 0.717) is 0 Å². The van der Waals surface area contributed by atoms with Gasteiger partial charge in [0, 0.05) is 24.5 Å². The monoisotopic (exact) mass is 256 g/mol. The highest BCUT2D eigenvalue weighted by molar-refractivity contribution is 5.79. The molecule has 1 N–H and O–H groups in total. The Hall–Kier alpha value is -0.610. The van der Waals surface area contributed by atoms with E-state index < -0.39 is 0 Å². The van der Waals surface area contributed by atoms with Crippen LogP contribution in [0.5, 0.6) is 0 Å². The van der Waals surface area contributed by atoms with Gasteiger partial charge in [-0.25, -0.2) is 0 Å². The van der Waals surface area contributed by atoms with E-state index >= 15 is 0 Å². The normalized spacial score (nSPS) is 28.8. The Labute approximate surface area is 111 Å². The molecule has 1 fully saturated rings. The molecule has 0 spiro atoms. The van der Waals surface area contributed by atoms with Crippen molar-refractivity contribution >= 4 is 5.91 Å². The van der Waals surface area contributed by atoms with Crippen molar-refractivity contribution < 1.29 is 9.90 Å². The molecule has 1 rings (SSSR count). The molecule has 0 aromatic carbocycles. The van der Waals surface area contributed by atoms with Gasteiger partial charge in [0.25, 0.3) is 0 Å². The first-order valence-electron chi connectivity index (χ1n) is 6.89. The van der Waals surface area contributed by atoms with Crippen LogP contribution in [0.2, 0.25) is 0 Å². The third-order valence-corrected chi connectivity index (χ3v) is 4.63. The van der Waals surface area contributed by atoms with E-state index in [1.54, 1.807) is 0 Å². The molecule has 0 aromatic rings. The third-order valence-electron chi connectivity index (χ3n) is 4.63. The van der Waals surface area contributed by atoms with Crippen LogP contribution in [0.4, 0.5) is 0 Å². The van der Waals surface area contributed by atoms with Gasteiger partial charge in [0.05, 0.1) is 6.61 Å². The average Bonchev–Trinajstić information content (AvgIpc) is 2.36. The number of carbonyl (C=O) groups is 1. The Morgan fingerprint density at radius 2 is 1.78 bits per heavy atom. The number of carbonyl (C=O) groups excluding carboxylic acids is 1. The molecule has 1 amide bonds. The number of nitrogens with zero attached hydrogens (tertiary/aromatic N) is 2. The van der Waals surface area contributed by atoms with Crippen molar-refractivity contribution in [2.45, 2.75) is 51.1 Å². The minimum Gasteiger partial charge on any atom is -0.394 e. The van der Waals surface area contributed by atoms with Gasteiger partial charge in [0.1, 0.15) is 0 Å². The Morgan fingerprint density at radius 1 is 1.28 bits per heavy atom. The SMILES string of the molecule is CC(C)N(C)C(=O)C1CCC(CO)(N(C)C)CC1. The maximum atomic E-state index is 12.3. The van der Waals surface area contributed by atoms with E-state index in [-0.39, 0.29) is 30.0 Å². The van der Waals surface area contributed by atoms with Gasteiger partial charge in [0.15, 0.2) is 0 Å². The zero-order valence-electron chi connectivity index (χ0n) is 12.4. The molecule has 0 saturated heterocycles. The topological polar surface area (TPSA) is 43.8 Å². The lowest BCUT2D eigenvalue weighted by Gasteiger charge is -2.44. The lowest BCUT2D eigenvalue weighted by atomic mass is 9.75. The fourth-order valence-corrected chi connectivity index (χ4v) is 2.69. The van der Waals surface area contributed by atoms with Gasteiger partial charge >= 0.3 is 0 Å². The Morgan fingerprint density at radius 3 is 2.11 bits per heavy atom. The summed E-state index contributed by atoms with van der Waals surface area (Å²) in [6.45, 7) is 4.26. The molecule has 106 valence electrons. The zero-order valence-corrected chi connectivity index (χ0v) is 12.4. The Bertz CT molecular complexity index is 282. The maximum Gasteiger partial charge on any atom is 0.225 e. The summed E-state index contributed by atoms with van der Waals surface area (Å²) >= 11 is 0. The molecular weight excluding hydrogens is 228 g/mol. The number of likely N-dealkylation sites (N-methyl/N-ethyl adjacent to an activating group) is 1. The number of rotatable bonds is 4. The molecule has 0 bridgehead atoms. The summed E-state index contributed by atoms with van der Waals surface area (Å²) in [7, 11) is 5.91. The van der Waals surface area contributed by atoms with Gasteiger partial charge < -0.3 is 14.9 Å². The van der Waals surface area contributed by atoms with Crippen LogP contribution < -0.4 is 0 Å². The van der Waals surface area contributed by atoms with Crippen molar-refractivity contribution in [2.75, 3.05) is 27.7 Å². The van der Waals surface area contributed by atoms with Crippen LogP contribution in [-0.2, 0) is 4.79 Å². The van der Waals surface area contributed by atoms with E-state index in [9.17, 15) is 9.90 Å². The molecule has 4 nitrogen and oxygen atoms in total. The van der Waals surface area contributed by atoms with Crippen molar-refractivity contribution in [1.29, 1.82) is 0 Å². The minimum atomic E-state index is -0.118. The first-order valence-corrected chi connectivity index (χ1v) is 6.89. The smallest absolute Gasteiger partial charge is 0.225 e. The van der Waals surface area contributed by atoms with Gasteiger partial charge in [-0.15, -0.1) is 0 Å². The molecule has 0 atom stereocenters. The van der Waals surface area contributed by atoms with Crippen LogP contribution in [0, 0.1) is 5.92 Å². The standard InChI is InChI=1S/C14H28N2O2/c1-11(2)16(5)13(18)12-6-8-14(10-17,9-7-12)15(3)4/h11-12,17H,6-10H2,1-5H3. The van der Waals surface area contributed by atoms with Gasteiger partial charge in [0.2, 0.25) is 5.91 Å². The predicted molar refractivity (Wildman–Crippen MR) is 73.4 cm³/mol. The van der Waals surface area contributed by atoms with E-state index in [4.69, 9.17) is 0 Å². The summed E-state index contributed by atoms with van der Waals surface area (Å²) in [5.41, 5.74) is -0.118. The molecule has 1 aliphatic rings. The molecule has 1 aliphatic carbocycles. The number of aliphatic hydroxyl groups excluding tert-OH is 1. The zero-order chi connectivity index (χ0) is 13.9. The van der Waals surface area contributed by atoms with Gasteiger partial charge in [-0.1, -0.05) is 0 Å². The molecule has 18 heavy (non-hydrogen) atoms. The fraction of sp³-hybridized carbons (Fsp3) is 0.929. The molecule has 1 saturated carbocycles. The van der Waals surface area contributed by atoms with Crippen molar-refractivity contribution in [3.63, 3.8) is 0 Å². The van der Waals surface area contributed by atoms with E-state index in [0.717, 1.165) is 25.7 Å². The van der Waals surface area contributed by atoms with E-state index in [1.807, 2.05) is 39.9 Å². The highest BCUT2D eigenvalue weighted by Gasteiger charge is 2.39. The first kappa shape index (κ1) is 15.4. The largest absolute Gasteiger partial charge is 0.394 e. The fourth-order valence-electron chi connectivity index (χ4n) is 2.69. The second kappa shape index (κ2) is 6.02. The summed E-state index contributed by atoms with van der Waals surface area (Å²) < 4.78 is 0. The number of aliphatic hydroxyl groups is 1. The lowest BCUT2D eigenvalue weighted by Crippen LogP contribution is -2.51. The highest BCUT2D eigenvalue weighted by Crippen LogP contribution is 2.35. The van der Waals surface area contributed by atoms with Gasteiger partial charge in [-0.2, -0.15) is 0 Å². The summed E-state index contributed by atoms with van der Waals surface area (Å²) in [6, 6.07) is 0.260. The van der Waals surface area contributed by atoms with E-state index in [2.05, 4.69) is 4.90 Å². The predicted octanol–water partition coefficient (Wildman–Crippen LogP) is 1.34. The van der Waals surface area contributed by atoms with Crippen LogP contribution >= 0.6 is 0 Å². The molecule has 0 aromatic heterocycles. The van der Waals surface area contributed by atoms with Crippen molar-refractivity contribution in [3.8, 4) is 0 Å². The van der Waals surface area contributed by atoms with Crippen molar-refractivity contribution in [1.82, 2.24) is 9.80 Å². The maximum absolute atomic E-state index is 12.3. The first-order chi connectivity index (χ1) is 8.34. The highest BCUT2D eigenvalue weighted by atomic mass is 16.3. The molecule has 4 heteroatoms. The summed E-state index contributed by atoms with van der Waals surface area (Å²) in [5, 5.41) is 9.60. The number of hydrogen-bond donors (Lipinski definition) is 1. The molecule has 0 heterocycles. The van der Waals surface area contributed by atoms with Crippen LogP contribution in [0.1, 0.15) is 39.5 Å². The molecule has 0 aliphatic heterocycles. The average molecular weight is 256 g/mol. The second-order valence-electron chi connectivity index (χ2n) is 6.09. The van der Waals surface area contributed by atoms with Crippen LogP contribution in [0.3, 0.4) is 0 Å². The number of amides is 1. The van der Waals surface area contributed by atoms with Crippen LogP contribution in [0.25, 0.3) is 0 Å². The Kier molecular flexibility index (Phi) is 5.17. The van der Waals surface area contributed by atoms with Crippen LogP contribution in [0.15, 0.2) is 0 Å². The molecule has 0 unspecified atom stereocenters.